The van der Waals surface area contributed by atoms with Gasteiger partial charge in [-0.2, -0.15) is 0 Å². The zero-order valence-electron chi connectivity index (χ0n) is 20.1. The number of carbonyl (C=O) groups is 1. The molecule has 0 bridgehead atoms. The van der Waals surface area contributed by atoms with Crippen LogP contribution >= 0.6 is 0 Å². The van der Waals surface area contributed by atoms with E-state index >= 15 is 0 Å². The SMILES string of the molecule is CC(C)(C)NCCOCCOCCOCCOCCOCCOCC(=O)C(C)(C)C. The highest BCUT2D eigenvalue weighted by molar-refractivity contribution is 5.84. The number of Topliss-reactive ketones (excluding diaryl/α,β-unsaturated/α-hetero) is 1. The van der Waals surface area contributed by atoms with Gasteiger partial charge in [0.15, 0.2) is 5.78 Å². The maximum atomic E-state index is 11.7. The Hall–Kier alpha value is -0.610. The van der Waals surface area contributed by atoms with Gasteiger partial charge in [-0.15, -0.1) is 0 Å². The molecule has 0 aromatic heterocycles. The molecular weight excluding hydrogens is 390 g/mol. The van der Waals surface area contributed by atoms with Crippen molar-refractivity contribution in [2.75, 3.05) is 85.8 Å². The molecule has 0 rings (SSSR count). The molecule has 1 N–H and O–H groups in total. The van der Waals surface area contributed by atoms with Crippen molar-refractivity contribution in [1.82, 2.24) is 5.32 Å². The average Bonchev–Trinajstić information content (AvgIpc) is 2.64. The predicted octanol–water partition coefficient (Wildman–Crippen LogP) is 2.09. The van der Waals surface area contributed by atoms with Crippen LogP contribution in [0.5, 0.6) is 0 Å². The van der Waals surface area contributed by atoms with Crippen molar-refractivity contribution in [2.24, 2.45) is 5.41 Å². The summed E-state index contributed by atoms with van der Waals surface area (Å²) in [5.74, 6) is 0.0914. The van der Waals surface area contributed by atoms with E-state index < -0.39 is 0 Å². The van der Waals surface area contributed by atoms with Crippen molar-refractivity contribution in [1.29, 1.82) is 0 Å². The Morgan fingerprint density at radius 1 is 0.567 bits per heavy atom. The second-order valence-electron chi connectivity index (χ2n) is 8.96. The summed E-state index contributed by atoms with van der Waals surface area (Å²) in [6, 6.07) is 0. The van der Waals surface area contributed by atoms with Gasteiger partial charge >= 0.3 is 0 Å². The standard InChI is InChI=1S/C22H45NO7/c1-21(2,3)20(24)19-30-18-17-29-16-15-28-14-13-27-12-11-26-10-9-25-8-7-23-22(4,5)6/h23H,7-19H2,1-6H3. The number of ketones is 1. The summed E-state index contributed by atoms with van der Waals surface area (Å²) in [5, 5.41) is 3.36. The molecule has 8 nitrogen and oxygen atoms in total. The van der Waals surface area contributed by atoms with Crippen LogP contribution < -0.4 is 5.32 Å². The number of hydrogen-bond acceptors (Lipinski definition) is 8. The first-order valence-electron chi connectivity index (χ1n) is 10.9. The molecule has 0 unspecified atom stereocenters. The van der Waals surface area contributed by atoms with Gasteiger partial charge in [0.1, 0.15) is 6.61 Å². The summed E-state index contributed by atoms with van der Waals surface area (Å²) < 4.78 is 32.5. The van der Waals surface area contributed by atoms with Crippen molar-refractivity contribution >= 4 is 5.78 Å². The summed E-state index contributed by atoms with van der Waals surface area (Å²) in [5.41, 5.74) is -0.238. The smallest absolute Gasteiger partial charge is 0.163 e. The van der Waals surface area contributed by atoms with Crippen molar-refractivity contribution in [2.45, 2.75) is 47.1 Å². The molecule has 0 radical (unpaired) electrons. The summed E-state index contributed by atoms with van der Waals surface area (Å²) in [6.07, 6.45) is 0. The molecule has 0 aliphatic heterocycles. The summed E-state index contributed by atoms with van der Waals surface area (Å²) in [7, 11) is 0. The molecule has 0 aliphatic rings. The number of rotatable bonds is 20. The van der Waals surface area contributed by atoms with Crippen molar-refractivity contribution in [3.8, 4) is 0 Å². The molecule has 0 saturated carbocycles. The third-order valence-corrected chi connectivity index (χ3v) is 3.83. The van der Waals surface area contributed by atoms with Crippen LogP contribution in [0.4, 0.5) is 0 Å². The Morgan fingerprint density at radius 2 is 0.900 bits per heavy atom. The summed E-state index contributed by atoms with van der Waals surface area (Å²) >= 11 is 0. The first-order chi connectivity index (χ1) is 14.1. The Labute approximate surface area is 183 Å². The van der Waals surface area contributed by atoms with E-state index in [9.17, 15) is 4.79 Å². The van der Waals surface area contributed by atoms with E-state index in [1.165, 1.54) is 0 Å². The Morgan fingerprint density at radius 3 is 1.23 bits per heavy atom. The van der Waals surface area contributed by atoms with Crippen LogP contribution in [0, 0.1) is 5.41 Å². The lowest BCUT2D eigenvalue weighted by atomic mass is 9.91. The zero-order valence-corrected chi connectivity index (χ0v) is 20.1. The van der Waals surface area contributed by atoms with E-state index in [0.717, 1.165) is 6.54 Å². The molecule has 0 fully saturated rings. The van der Waals surface area contributed by atoms with Gasteiger partial charge in [-0.05, 0) is 20.8 Å². The van der Waals surface area contributed by atoms with Crippen molar-refractivity contribution in [3.63, 3.8) is 0 Å². The van der Waals surface area contributed by atoms with Crippen LogP contribution in [0.2, 0.25) is 0 Å². The van der Waals surface area contributed by atoms with E-state index in [1.807, 2.05) is 20.8 Å². The Kier molecular flexibility index (Phi) is 17.6. The normalized spacial score (nSPS) is 12.5. The van der Waals surface area contributed by atoms with E-state index in [4.69, 9.17) is 28.4 Å². The molecule has 30 heavy (non-hydrogen) atoms. The lowest BCUT2D eigenvalue weighted by Gasteiger charge is -2.20. The average molecular weight is 436 g/mol. The predicted molar refractivity (Wildman–Crippen MR) is 117 cm³/mol. The highest BCUT2D eigenvalue weighted by Gasteiger charge is 2.20. The molecule has 8 heteroatoms. The second-order valence-corrected chi connectivity index (χ2v) is 8.96. The van der Waals surface area contributed by atoms with Crippen LogP contribution in [0.25, 0.3) is 0 Å². The van der Waals surface area contributed by atoms with Gasteiger partial charge < -0.3 is 33.7 Å². The molecule has 0 heterocycles. The number of ether oxygens (including phenoxy) is 6. The van der Waals surface area contributed by atoms with Crippen molar-refractivity contribution in [3.05, 3.63) is 0 Å². The van der Waals surface area contributed by atoms with Gasteiger partial charge in [0.2, 0.25) is 0 Å². The number of hydrogen-bond donors (Lipinski definition) is 1. The third-order valence-electron chi connectivity index (χ3n) is 3.83. The third kappa shape index (κ3) is 22.1. The van der Waals surface area contributed by atoms with Crippen LogP contribution in [0.3, 0.4) is 0 Å². The van der Waals surface area contributed by atoms with Crippen LogP contribution in [0.15, 0.2) is 0 Å². The molecule has 0 spiro atoms. The van der Waals surface area contributed by atoms with Crippen LogP contribution in [-0.2, 0) is 33.2 Å². The Balaban J connectivity index is 3.14. The minimum atomic E-state index is -0.360. The van der Waals surface area contributed by atoms with Gasteiger partial charge in [-0.25, -0.2) is 0 Å². The van der Waals surface area contributed by atoms with Gasteiger partial charge in [0.05, 0.1) is 72.7 Å². The largest absolute Gasteiger partial charge is 0.378 e. The number of nitrogens with one attached hydrogen (secondary N) is 1. The molecule has 0 atom stereocenters. The first-order valence-corrected chi connectivity index (χ1v) is 10.9. The fourth-order valence-corrected chi connectivity index (χ4v) is 1.98. The minimum Gasteiger partial charge on any atom is -0.378 e. The van der Waals surface area contributed by atoms with Crippen LogP contribution in [-0.4, -0.2) is 97.1 Å². The highest BCUT2D eigenvalue weighted by atomic mass is 16.6. The quantitative estimate of drug-likeness (QED) is 0.291. The molecule has 180 valence electrons. The maximum absolute atomic E-state index is 11.7. The molecule has 0 amide bonds. The highest BCUT2D eigenvalue weighted by Crippen LogP contribution is 2.14. The molecular formula is C22H45NO7. The number of carbonyl (C=O) groups excluding carboxylic acids is 1. The topological polar surface area (TPSA) is 84.5 Å². The van der Waals surface area contributed by atoms with Gasteiger partial charge in [0, 0.05) is 17.5 Å². The monoisotopic (exact) mass is 435 g/mol. The lowest BCUT2D eigenvalue weighted by molar-refractivity contribution is -0.131. The molecule has 0 aromatic carbocycles. The maximum Gasteiger partial charge on any atom is 0.163 e. The molecule has 0 aliphatic carbocycles. The zero-order chi connectivity index (χ0) is 22.7. The molecule has 0 saturated heterocycles. The summed E-state index contributed by atoms with van der Waals surface area (Å²) in [6.45, 7) is 18.8. The fraction of sp³-hybridized carbons (Fsp3) is 0.955. The Bertz CT molecular complexity index is 405. The van der Waals surface area contributed by atoms with Crippen LogP contribution in [0.1, 0.15) is 41.5 Å². The van der Waals surface area contributed by atoms with E-state index in [2.05, 4.69) is 26.1 Å². The van der Waals surface area contributed by atoms with Gasteiger partial charge in [-0.3, -0.25) is 4.79 Å². The molecule has 0 aromatic rings. The van der Waals surface area contributed by atoms with E-state index in [-0.39, 0.29) is 23.3 Å². The minimum absolute atomic E-state index is 0.0914. The van der Waals surface area contributed by atoms with E-state index in [1.54, 1.807) is 0 Å². The van der Waals surface area contributed by atoms with Crippen molar-refractivity contribution < 1.29 is 33.2 Å². The second kappa shape index (κ2) is 18.0. The van der Waals surface area contributed by atoms with Gasteiger partial charge in [0.25, 0.3) is 0 Å². The first kappa shape index (κ1) is 29.4. The fourth-order valence-electron chi connectivity index (χ4n) is 1.98. The summed E-state index contributed by atoms with van der Waals surface area (Å²) in [4.78, 5) is 11.7. The van der Waals surface area contributed by atoms with E-state index in [0.29, 0.717) is 72.7 Å². The lowest BCUT2D eigenvalue weighted by Crippen LogP contribution is -2.38. The van der Waals surface area contributed by atoms with Gasteiger partial charge in [-0.1, -0.05) is 20.8 Å².